The van der Waals surface area contributed by atoms with Gasteiger partial charge in [0.2, 0.25) is 10.0 Å². The number of sulfonamides is 1. The second-order valence-corrected chi connectivity index (χ2v) is 7.98. The Bertz CT molecular complexity index is 363. The molecule has 3 atom stereocenters. The van der Waals surface area contributed by atoms with Gasteiger partial charge >= 0.3 is 0 Å². The van der Waals surface area contributed by atoms with Crippen molar-refractivity contribution >= 4 is 10.0 Å². The summed E-state index contributed by atoms with van der Waals surface area (Å²) in [6.07, 6.45) is 5.32. The fourth-order valence-corrected chi connectivity index (χ4v) is 5.22. The molecule has 2 saturated heterocycles. The predicted molar refractivity (Wildman–Crippen MR) is 74.0 cm³/mol. The topological polar surface area (TPSA) is 49.4 Å². The van der Waals surface area contributed by atoms with Gasteiger partial charge in [0, 0.05) is 18.6 Å². The molecule has 2 heterocycles. The van der Waals surface area contributed by atoms with Crippen molar-refractivity contribution in [2.24, 2.45) is 5.92 Å². The van der Waals surface area contributed by atoms with Gasteiger partial charge in [-0.3, -0.25) is 0 Å². The first-order valence-electron chi connectivity index (χ1n) is 7.22. The Balaban J connectivity index is 1.97. The van der Waals surface area contributed by atoms with Crippen LogP contribution in [0.4, 0.5) is 0 Å². The molecule has 2 rings (SSSR count). The quantitative estimate of drug-likeness (QED) is 0.850. The Kier molecular flexibility index (Phi) is 4.67. The Morgan fingerprint density at radius 2 is 2.00 bits per heavy atom. The zero-order chi connectivity index (χ0) is 13.2. The van der Waals surface area contributed by atoms with E-state index in [9.17, 15) is 8.42 Å². The van der Waals surface area contributed by atoms with Crippen LogP contribution in [0.15, 0.2) is 0 Å². The molecule has 0 radical (unpaired) electrons. The zero-order valence-corrected chi connectivity index (χ0v) is 12.4. The van der Waals surface area contributed by atoms with E-state index in [2.05, 4.69) is 12.2 Å². The molecule has 3 unspecified atom stereocenters. The average molecular weight is 274 g/mol. The van der Waals surface area contributed by atoms with E-state index >= 15 is 0 Å². The molecule has 0 aromatic heterocycles. The van der Waals surface area contributed by atoms with E-state index in [-0.39, 0.29) is 17.8 Å². The lowest BCUT2D eigenvalue weighted by Crippen LogP contribution is -2.49. The van der Waals surface area contributed by atoms with Crippen molar-refractivity contribution in [3.63, 3.8) is 0 Å². The van der Waals surface area contributed by atoms with Gasteiger partial charge in [-0.05, 0) is 45.1 Å². The van der Waals surface area contributed by atoms with Crippen LogP contribution in [-0.2, 0) is 10.0 Å². The summed E-state index contributed by atoms with van der Waals surface area (Å²) in [5.41, 5.74) is 0. The molecule has 5 heteroatoms. The second-order valence-electron chi connectivity index (χ2n) is 6.01. The Morgan fingerprint density at radius 3 is 2.61 bits per heavy atom. The van der Waals surface area contributed by atoms with E-state index < -0.39 is 10.0 Å². The maximum absolute atomic E-state index is 12.5. The monoisotopic (exact) mass is 274 g/mol. The van der Waals surface area contributed by atoms with Gasteiger partial charge in [-0.2, -0.15) is 4.31 Å². The molecule has 18 heavy (non-hydrogen) atoms. The average Bonchev–Trinajstić information content (AvgIpc) is 2.29. The molecule has 0 saturated carbocycles. The number of hydrogen-bond donors (Lipinski definition) is 1. The number of hydrogen-bond acceptors (Lipinski definition) is 3. The lowest BCUT2D eigenvalue weighted by atomic mass is 9.95. The van der Waals surface area contributed by atoms with Crippen LogP contribution in [0, 0.1) is 5.92 Å². The highest BCUT2D eigenvalue weighted by Gasteiger charge is 2.33. The van der Waals surface area contributed by atoms with Crippen LogP contribution < -0.4 is 5.32 Å². The summed E-state index contributed by atoms with van der Waals surface area (Å²) < 4.78 is 26.7. The molecule has 1 N–H and O–H groups in total. The summed E-state index contributed by atoms with van der Waals surface area (Å²) in [6.45, 7) is 5.93. The van der Waals surface area contributed by atoms with Crippen molar-refractivity contribution in [2.45, 2.75) is 58.0 Å². The van der Waals surface area contributed by atoms with E-state index in [4.69, 9.17) is 0 Å². The molecule has 0 aromatic carbocycles. The van der Waals surface area contributed by atoms with Crippen molar-refractivity contribution in [1.82, 2.24) is 9.62 Å². The molecular weight excluding hydrogens is 248 g/mol. The van der Waals surface area contributed by atoms with Gasteiger partial charge in [0.15, 0.2) is 0 Å². The molecule has 0 amide bonds. The van der Waals surface area contributed by atoms with E-state index in [1.807, 2.05) is 6.92 Å². The van der Waals surface area contributed by atoms with E-state index in [1.54, 1.807) is 4.31 Å². The van der Waals surface area contributed by atoms with Gasteiger partial charge < -0.3 is 5.32 Å². The van der Waals surface area contributed by atoms with Crippen LogP contribution in [0.25, 0.3) is 0 Å². The lowest BCUT2D eigenvalue weighted by Gasteiger charge is -2.36. The number of nitrogens with zero attached hydrogens (tertiary/aromatic N) is 1. The van der Waals surface area contributed by atoms with E-state index in [0.717, 1.165) is 32.2 Å². The summed E-state index contributed by atoms with van der Waals surface area (Å²) in [4.78, 5) is 0. The van der Waals surface area contributed by atoms with Crippen molar-refractivity contribution in [3.8, 4) is 0 Å². The molecule has 2 aliphatic rings. The van der Waals surface area contributed by atoms with Gasteiger partial charge in [0.05, 0.1) is 5.75 Å². The summed E-state index contributed by atoms with van der Waals surface area (Å²) >= 11 is 0. The van der Waals surface area contributed by atoms with Gasteiger partial charge in [0.1, 0.15) is 0 Å². The molecule has 106 valence electrons. The van der Waals surface area contributed by atoms with Gasteiger partial charge in [0.25, 0.3) is 0 Å². The number of rotatable bonds is 3. The fourth-order valence-electron chi connectivity index (χ4n) is 3.22. The Hall–Kier alpha value is -0.130. The van der Waals surface area contributed by atoms with Crippen LogP contribution in [0.1, 0.15) is 46.0 Å². The SMILES string of the molecule is CC1CCN(S(=O)(=O)CC2CCCCN2)C(C)C1. The summed E-state index contributed by atoms with van der Waals surface area (Å²) in [5.74, 6) is 0.936. The third kappa shape index (κ3) is 3.45. The fraction of sp³-hybridized carbons (Fsp3) is 1.00. The molecule has 0 spiro atoms. The van der Waals surface area contributed by atoms with Crippen LogP contribution in [0.2, 0.25) is 0 Å². The first-order chi connectivity index (χ1) is 8.49. The van der Waals surface area contributed by atoms with Crippen molar-refractivity contribution in [3.05, 3.63) is 0 Å². The second kappa shape index (κ2) is 5.88. The predicted octanol–water partition coefficient (Wildman–Crippen LogP) is 1.58. The summed E-state index contributed by atoms with van der Waals surface area (Å²) in [7, 11) is -3.08. The van der Waals surface area contributed by atoms with Crippen LogP contribution in [0.3, 0.4) is 0 Å². The minimum atomic E-state index is -3.08. The largest absolute Gasteiger partial charge is 0.313 e. The first kappa shape index (κ1) is 14.3. The van der Waals surface area contributed by atoms with Gasteiger partial charge in [-0.25, -0.2) is 8.42 Å². The van der Waals surface area contributed by atoms with Crippen LogP contribution in [-0.4, -0.2) is 43.6 Å². The molecular formula is C13H26N2O2S. The number of nitrogens with one attached hydrogen (secondary N) is 1. The smallest absolute Gasteiger partial charge is 0.215 e. The summed E-state index contributed by atoms with van der Waals surface area (Å²) in [6, 6.07) is 0.331. The molecule has 2 aliphatic heterocycles. The van der Waals surface area contributed by atoms with E-state index in [0.29, 0.717) is 12.5 Å². The highest BCUT2D eigenvalue weighted by Crippen LogP contribution is 2.25. The molecule has 4 nitrogen and oxygen atoms in total. The maximum atomic E-state index is 12.5. The van der Waals surface area contributed by atoms with Gasteiger partial charge in [-0.1, -0.05) is 13.3 Å². The van der Waals surface area contributed by atoms with Crippen LogP contribution >= 0.6 is 0 Å². The molecule has 2 fully saturated rings. The standard InChI is InChI=1S/C13H26N2O2S/c1-11-6-8-15(12(2)9-11)18(16,17)10-13-5-3-4-7-14-13/h11-14H,3-10H2,1-2H3. The highest BCUT2D eigenvalue weighted by molar-refractivity contribution is 7.89. The normalized spacial score (nSPS) is 35.6. The van der Waals surface area contributed by atoms with Gasteiger partial charge in [-0.15, -0.1) is 0 Å². The van der Waals surface area contributed by atoms with E-state index in [1.165, 1.54) is 6.42 Å². The maximum Gasteiger partial charge on any atom is 0.215 e. The highest BCUT2D eigenvalue weighted by atomic mass is 32.2. The third-order valence-electron chi connectivity index (χ3n) is 4.26. The lowest BCUT2D eigenvalue weighted by molar-refractivity contribution is 0.219. The zero-order valence-electron chi connectivity index (χ0n) is 11.6. The first-order valence-corrected chi connectivity index (χ1v) is 8.83. The van der Waals surface area contributed by atoms with Crippen molar-refractivity contribution in [1.29, 1.82) is 0 Å². The molecule has 0 aliphatic carbocycles. The van der Waals surface area contributed by atoms with Crippen molar-refractivity contribution in [2.75, 3.05) is 18.8 Å². The third-order valence-corrected chi connectivity index (χ3v) is 6.34. The van der Waals surface area contributed by atoms with Crippen LogP contribution in [0.5, 0.6) is 0 Å². The summed E-state index contributed by atoms with van der Waals surface area (Å²) in [5, 5.41) is 3.33. The minimum Gasteiger partial charge on any atom is -0.313 e. The Morgan fingerprint density at radius 1 is 1.22 bits per heavy atom. The van der Waals surface area contributed by atoms with Crippen molar-refractivity contribution < 1.29 is 8.42 Å². The molecule has 0 bridgehead atoms. The minimum absolute atomic E-state index is 0.162. The molecule has 0 aromatic rings. The number of piperidine rings is 2. The Labute approximate surface area is 111 Å².